The summed E-state index contributed by atoms with van der Waals surface area (Å²) in [4.78, 5) is 15.2. The van der Waals surface area contributed by atoms with E-state index in [0.717, 1.165) is 0 Å². The first-order valence-corrected chi connectivity index (χ1v) is 7.37. The van der Waals surface area contributed by atoms with Crippen molar-refractivity contribution in [2.24, 2.45) is 0 Å². The van der Waals surface area contributed by atoms with Gasteiger partial charge in [-0.2, -0.15) is 0 Å². The van der Waals surface area contributed by atoms with E-state index in [1.807, 2.05) is 0 Å². The Balaban J connectivity index is 1.89. The number of carbonyl (C=O) groups is 1. The van der Waals surface area contributed by atoms with Crippen LogP contribution in [0.1, 0.15) is 29.0 Å². The minimum Gasteiger partial charge on any atom is -0.349 e. The third-order valence-corrected chi connectivity index (χ3v) is 4.04. The fourth-order valence-corrected chi connectivity index (χ4v) is 2.75. The number of fused-ring (bicyclic) bond motifs is 1. The molecule has 1 amide bonds. The Bertz CT molecular complexity index is 891. The minimum absolute atomic E-state index is 0.121. The van der Waals surface area contributed by atoms with Gasteiger partial charge in [0.1, 0.15) is 17.3 Å². The maximum absolute atomic E-state index is 13.8. The van der Waals surface area contributed by atoms with E-state index < -0.39 is 23.6 Å². The summed E-state index contributed by atoms with van der Waals surface area (Å²) in [5, 5.41) is 3.24. The summed E-state index contributed by atoms with van der Waals surface area (Å²) in [5.41, 5.74) is 1.05. The smallest absolute Gasteiger partial charge is 0.269 e. The first-order valence-electron chi connectivity index (χ1n) is 6.99. The van der Waals surface area contributed by atoms with Crippen molar-refractivity contribution in [2.45, 2.75) is 13.0 Å². The minimum atomic E-state index is -0.539. The largest absolute Gasteiger partial charge is 0.349 e. The molecule has 0 saturated carbocycles. The number of aromatic nitrogens is 1. The Morgan fingerprint density at radius 3 is 2.70 bits per heavy atom. The molecule has 0 spiro atoms. The Kier molecular flexibility index (Phi) is 4.05. The summed E-state index contributed by atoms with van der Waals surface area (Å²) in [6.07, 6.45) is 0. The molecule has 3 nitrogen and oxygen atoms in total. The number of carbonyl (C=O) groups excluding carboxylic acids is 1. The van der Waals surface area contributed by atoms with Crippen molar-refractivity contribution in [1.29, 1.82) is 0 Å². The van der Waals surface area contributed by atoms with Gasteiger partial charge in [-0.15, -0.1) is 0 Å². The van der Waals surface area contributed by atoms with Crippen LogP contribution in [-0.2, 0) is 0 Å². The van der Waals surface area contributed by atoms with E-state index in [0.29, 0.717) is 16.5 Å². The molecule has 0 fully saturated rings. The second-order valence-electron chi connectivity index (χ2n) is 5.22. The van der Waals surface area contributed by atoms with Crippen LogP contribution in [-0.4, -0.2) is 10.9 Å². The molecule has 0 aliphatic rings. The molecule has 0 radical (unpaired) electrons. The molecule has 6 heteroatoms. The van der Waals surface area contributed by atoms with Crippen LogP contribution in [0.3, 0.4) is 0 Å². The van der Waals surface area contributed by atoms with Crippen LogP contribution in [0.15, 0.2) is 42.5 Å². The molecule has 1 aromatic heterocycles. The summed E-state index contributed by atoms with van der Waals surface area (Å²) in [6.45, 7) is 1.67. The SMILES string of the molecule is C[C@H](NC(=O)c1[nH]c2ccc(F)cc2c1Cl)c1ccccc1F. The summed E-state index contributed by atoms with van der Waals surface area (Å²) < 4.78 is 27.0. The zero-order valence-corrected chi connectivity index (χ0v) is 12.9. The number of nitrogens with one attached hydrogen (secondary N) is 2. The normalized spacial score (nSPS) is 12.3. The molecule has 2 aromatic carbocycles. The molecule has 3 aromatic rings. The number of halogens is 3. The number of H-pyrrole nitrogens is 1. The van der Waals surface area contributed by atoms with Gasteiger partial charge in [-0.1, -0.05) is 29.8 Å². The van der Waals surface area contributed by atoms with E-state index in [2.05, 4.69) is 10.3 Å². The summed E-state index contributed by atoms with van der Waals surface area (Å²) in [6, 6.07) is 9.70. The molecule has 0 bridgehead atoms. The van der Waals surface area contributed by atoms with Crippen molar-refractivity contribution in [3.8, 4) is 0 Å². The lowest BCUT2D eigenvalue weighted by Crippen LogP contribution is -2.27. The van der Waals surface area contributed by atoms with Gasteiger partial charge in [0.05, 0.1) is 11.1 Å². The van der Waals surface area contributed by atoms with E-state index in [1.54, 1.807) is 25.1 Å². The van der Waals surface area contributed by atoms with Crippen molar-refractivity contribution < 1.29 is 13.6 Å². The molecule has 0 unspecified atom stereocenters. The third-order valence-electron chi connectivity index (χ3n) is 3.64. The number of rotatable bonds is 3. The molecule has 0 aliphatic carbocycles. The van der Waals surface area contributed by atoms with Gasteiger partial charge in [-0.05, 0) is 31.2 Å². The van der Waals surface area contributed by atoms with Crippen LogP contribution >= 0.6 is 11.6 Å². The van der Waals surface area contributed by atoms with E-state index >= 15 is 0 Å². The van der Waals surface area contributed by atoms with Crippen LogP contribution < -0.4 is 5.32 Å². The number of amides is 1. The predicted molar refractivity (Wildman–Crippen MR) is 85.5 cm³/mol. The highest BCUT2D eigenvalue weighted by Crippen LogP contribution is 2.28. The van der Waals surface area contributed by atoms with Crippen molar-refractivity contribution in [1.82, 2.24) is 10.3 Å². The second kappa shape index (κ2) is 6.01. The van der Waals surface area contributed by atoms with Crippen LogP contribution in [0.25, 0.3) is 10.9 Å². The molecule has 118 valence electrons. The van der Waals surface area contributed by atoms with Gasteiger partial charge in [-0.25, -0.2) is 8.78 Å². The van der Waals surface area contributed by atoms with Gasteiger partial charge in [0.25, 0.3) is 5.91 Å². The van der Waals surface area contributed by atoms with Crippen LogP contribution in [0, 0.1) is 11.6 Å². The summed E-state index contributed by atoms with van der Waals surface area (Å²) in [5.74, 6) is -1.32. The molecule has 23 heavy (non-hydrogen) atoms. The van der Waals surface area contributed by atoms with Crippen LogP contribution in [0.4, 0.5) is 8.78 Å². The quantitative estimate of drug-likeness (QED) is 0.723. The summed E-state index contributed by atoms with van der Waals surface area (Å²) >= 11 is 6.15. The lowest BCUT2D eigenvalue weighted by molar-refractivity contribution is 0.0935. The molecule has 1 heterocycles. The van der Waals surface area contributed by atoms with Gasteiger partial charge in [0.15, 0.2) is 0 Å². The van der Waals surface area contributed by atoms with Gasteiger partial charge >= 0.3 is 0 Å². The van der Waals surface area contributed by atoms with Crippen molar-refractivity contribution >= 4 is 28.4 Å². The molecule has 2 N–H and O–H groups in total. The predicted octanol–water partition coefficient (Wildman–Crippen LogP) is 4.59. The Labute approximate surface area is 136 Å². The Morgan fingerprint density at radius 2 is 1.96 bits per heavy atom. The van der Waals surface area contributed by atoms with E-state index in [4.69, 9.17) is 11.6 Å². The highest BCUT2D eigenvalue weighted by molar-refractivity contribution is 6.38. The zero-order valence-electron chi connectivity index (χ0n) is 12.2. The van der Waals surface area contributed by atoms with Crippen molar-refractivity contribution in [3.63, 3.8) is 0 Å². The van der Waals surface area contributed by atoms with E-state index in [9.17, 15) is 13.6 Å². The highest BCUT2D eigenvalue weighted by Gasteiger charge is 2.20. The number of aromatic amines is 1. The van der Waals surface area contributed by atoms with Crippen molar-refractivity contribution in [2.75, 3.05) is 0 Å². The summed E-state index contributed by atoms with van der Waals surface area (Å²) in [7, 11) is 0. The first kappa shape index (κ1) is 15.5. The topological polar surface area (TPSA) is 44.9 Å². The first-order chi connectivity index (χ1) is 11.0. The van der Waals surface area contributed by atoms with Crippen LogP contribution in [0.2, 0.25) is 5.02 Å². The molecule has 1 atom stereocenters. The molecule has 0 saturated heterocycles. The van der Waals surface area contributed by atoms with Gasteiger partial charge in [-0.3, -0.25) is 4.79 Å². The average Bonchev–Trinajstić information content (AvgIpc) is 2.84. The van der Waals surface area contributed by atoms with Crippen molar-refractivity contribution in [3.05, 3.63) is 70.4 Å². The lowest BCUT2D eigenvalue weighted by atomic mass is 10.1. The fraction of sp³-hybridized carbons (Fsp3) is 0.118. The maximum Gasteiger partial charge on any atom is 0.269 e. The maximum atomic E-state index is 13.8. The molecular formula is C17H13ClF2N2O. The van der Waals surface area contributed by atoms with Gasteiger partial charge in [0, 0.05) is 16.5 Å². The van der Waals surface area contributed by atoms with Crippen LogP contribution in [0.5, 0.6) is 0 Å². The molecule has 3 rings (SSSR count). The highest BCUT2D eigenvalue weighted by atomic mass is 35.5. The molecule has 0 aliphatic heterocycles. The Hall–Kier alpha value is -2.40. The molecular weight excluding hydrogens is 322 g/mol. The van der Waals surface area contributed by atoms with Gasteiger partial charge in [0.2, 0.25) is 0 Å². The monoisotopic (exact) mass is 334 g/mol. The van der Waals surface area contributed by atoms with E-state index in [-0.39, 0.29) is 10.7 Å². The van der Waals surface area contributed by atoms with Gasteiger partial charge < -0.3 is 10.3 Å². The zero-order chi connectivity index (χ0) is 16.6. The Morgan fingerprint density at radius 1 is 1.22 bits per heavy atom. The second-order valence-corrected chi connectivity index (χ2v) is 5.60. The standard InChI is InChI=1S/C17H13ClF2N2O/c1-9(11-4-2-3-5-13(11)20)21-17(23)16-15(18)12-8-10(19)6-7-14(12)22-16/h2-9,22H,1H3,(H,21,23)/t9-/m0/s1. The number of hydrogen-bond donors (Lipinski definition) is 2. The fourth-order valence-electron chi connectivity index (χ4n) is 2.46. The van der Waals surface area contributed by atoms with E-state index in [1.165, 1.54) is 24.3 Å². The third kappa shape index (κ3) is 2.92. The lowest BCUT2D eigenvalue weighted by Gasteiger charge is -2.14. The number of benzene rings is 2. The number of hydrogen-bond acceptors (Lipinski definition) is 1. The average molecular weight is 335 g/mol.